The van der Waals surface area contributed by atoms with Crippen molar-refractivity contribution in [3.8, 4) is 0 Å². The van der Waals surface area contributed by atoms with Gasteiger partial charge in [0.15, 0.2) is 0 Å². The van der Waals surface area contributed by atoms with Gasteiger partial charge < -0.3 is 5.32 Å². The number of likely N-dealkylation sites (N-methyl/N-ethyl adjacent to an activating group) is 1. The third-order valence-electron chi connectivity index (χ3n) is 3.05. The van der Waals surface area contributed by atoms with Gasteiger partial charge in [0.05, 0.1) is 0 Å². The van der Waals surface area contributed by atoms with Crippen molar-refractivity contribution in [3.63, 3.8) is 0 Å². The Morgan fingerprint density at radius 1 is 1.32 bits per heavy atom. The highest BCUT2D eigenvalue weighted by molar-refractivity contribution is 9.10. The van der Waals surface area contributed by atoms with Crippen LogP contribution in [0.5, 0.6) is 0 Å². The lowest BCUT2D eigenvalue weighted by molar-refractivity contribution is 0.567. The van der Waals surface area contributed by atoms with E-state index in [1.807, 2.05) is 17.8 Å². The first-order valence-electron chi connectivity index (χ1n) is 6.85. The Morgan fingerprint density at radius 3 is 2.63 bits per heavy atom. The maximum Gasteiger partial charge on any atom is 0.124 e. The Kier molecular flexibility index (Phi) is 8.03. The van der Waals surface area contributed by atoms with Gasteiger partial charge in [-0.3, -0.25) is 0 Å². The molecular formula is C15H23BrFNS. The minimum absolute atomic E-state index is 0.172. The van der Waals surface area contributed by atoms with Crippen LogP contribution in [0, 0.1) is 5.82 Å². The van der Waals surface area contributed by atoms with Crippen molar-refractivity contribution in [1.29, 1.82) is 0 Å². The number of thioether (sulfide) groups is 1. The van der Waals surface area contributed by atoms with Crippen LogP contribution < -0.4 is 5.32 Å². The highest BCUT2D eigenvalue weighted by Gasteiger charge is 2.11. The first kappa shape index (κ1) is 17.0. The van der Waals surface area contributed by atoms with Gasteiger partial charge >= 0.3 is 0 Å². The maximum atomic E-state index is 13.4. The van der Waals surface area contributed by atoms with Crippen LogP contribution in [0.1, 0.15) is 32.8 Å². The molecule has 1 rings (SSSR count). The summed E-state index contributed by atoms with van der Waals surface area (Å²) >= 11 is 5.33. The van der Waals surface area contributed by atoms with Gasteiger partial charge in [0.25, 0.3) is 0 Å². The molecule has 19 heavy (non-hydrogen) atoms. The molecule has 0 amide bonds. The normalized spacial score (nSPS) is 14.4. The van der Waals surface area contributed by atoms with Crippen molar-refractivity contribution < 1.29 is 4.39 Å². The van der Waals surface area contributed by atoms with Crippen molar-refractivity contribution in [2.75, 3.05) is 12.3 Å². The zero-order chi connectivity index (χ0) is 14.3. The number of nitrogens with one attached hydrogen (secondary N) is 1. The highest BCUT2D eigenvalue weighted by Crippen LogP contribution is 2.19. The monoisotopic (exact) mass is 347 g/mol. The Hall–Kier alpha value is -0.0600. The highest BCUT2D eigenvalue weighted by atomic mass is 79.9. The van der Waals surface area contributed by atoms with Crippen LogP contribution in [0.2, 0.25) is 0 Å². The van der Waals surface area contributed by atoms with E-state index in [0.717, 1.165) is 28.8 Å². The Labute approximate surface area is 128 Å². The second-order valence-electron chi connectivity index (χ2n) is 4.79. The fourth-order valence-electron chi connectivity index (χ4n) is 1.89. The molecule has 0 saturated heterocycles. The molecular weight excluding hydrogens is 325 g/mol. The van der Waals surface area contributed by atoms with Crippen LogP contribution in [0.15, 0.2) is 22.7 Å². The van der Waals surface area contributed by atoms with Gasteiger partial charge in [-0.05, 0) is 43.1 Å². The summed E-state index contributed by atoms with van der Waals surface area (Å²) in [6.07, 6.45) is 2.06. The van der Waals surface area contributed by atoms with E-state index < -0.39 is 0 Å². The SMILES string of the molecule is CCNC(CSC(C)CC)Cc1cc(F)cc(Br)c1. The Morgan fingerprint density at radius 2 is 2.05 bits per heavy atom. The van der Waals surface area contributed by atoms with Gasteiger partial charge in [0, 0.05) is 21.5 Å². The molecule has 1 aromatic rings. The minimum Gasteiger partial charge on any atom is -0.313 e. The lowest BCUT2D eigenvalue weighted by atomic mass is 10.1. The van der Waals surface area contributed by atoms with E-state index in [4.69, 9.17) is 0 Å². The molecule has 0 saturated carbocycles. The Bertz CT molecular complexity index is 366. The second kappa shape index (κ2) is 8.98. The summed E-state index contributed by atoms with van der Waals surface area (Å²) in [6, 6.07) is 5.53. The first-order chi connectivity index (χ1) is 9.05. The van der Waals surface area contributed by atoms with Crippen molar-refractivity contribution in [3.05, 3.63) is 34.1 Å². The molecule has 108 valence electrons. The summed E-state index contributed by atoms with van der Waals surface area (Å²) in [5, 5.41) is 4.17. The summed E-state index contributed by atoms with van der Waals surface area (Å²) in [6.45, 7) is 7.53. The van der Waals surface area contributed by atoms with Crippen molar-refractivity contribution in [2.45, 2.75) is 44.9 Å². The van der Waals surface area contributed by atoms with Crippen LogP contribution in [0.25, 0.3) is 0 Å². The van der Waals surface area contributed by atoms with E-state index >= 15 is 0 Å². The molecule has 0 bridgehead atoms. The van der Waals surface area contributed by atoms with Gasteiger partial charge in [-0.15, -0.1) is 0 Å². The largest absolute Gasteiger partial charge is 0.313 e. The fraction of sp³-hybridized carbons (Fsp3) is 0.600. The smallest absolute Gasteiger partial charge is 0.124 e. The van der Waals surface area contributed by atoms with E-state index in [-0.39, 0.29) is 5.82 Å². The molecule has 0 aliphatic rings. The molecule has 4 heteroatoms. The quantitative estimate of drug-likeness (QED) is 0.734. The van der Waals surface area contributed by atoms with Crippen LogP contribution in [0.3, 0.4) is 0 Å². The van der Waals surface area contributed by atoms with Crippen LogP contribution in [0.4, 0.5) is 4.39 Å². The van der Waals surface area contributed by atoms with Crippen LogP contribution >= 0.6 is 27.7 Å². The van der Waals surface area contributed by atoms with Crippen LogP contribution in [-0.2, 0) is 6.42 Å². The predicted molar refractivity (Wildman–Crippen MR) is 87.5 cm³/mol. The van der Waals surface area contributed by atoms with Gasteiger partial charge in [0.1, 0.15) is 5.82 Å². The molecule has 0 spiro atoms. The molecule has 0 fully saturated rings. The standard InChI is InChI=1S/C15H23BrFNS/c1-4-11(3)19-10-15(18-5-2)8-12-6-13(16)9-14(17)7-12/h6-7,9,11,15,18H,4-5,8,10H2,1-3H3. The zero-order valence-electron chi connectivity index (χ0n) is 11.9. The summed E-state index contributed by atoms with van der Waals surface area (Å²) in [4.78, 5) is 0. The fourth-order valence-corrected chi connectivity index (χ4v) is 3.44. The molecule has 0 aliphatic heterocycles. The predicted octanol–water partition coefficient (Wildman–Crippen LogP) is 4.64. The molecule has 2 unspecified atom stereocenters. The van der Waals surface area contributed by atoms with Crippen LogP contribution in [-0.4, -0.2) is 23.6 Å². The lowest BCUT2D eigenvalue weighted by Gasteiger charge is -2.19. The average molecular weight is 348 g/mol. The van der Waals surface area contributed by atoms with Gasteiger partial charge in [-0.1, -0.05) is 36.7 Å². The van der Waals surface area contributed by atoms with E-state index in [2.05, 4.69) is 42.0 Å². The molecule has 1 N–H and O–H groups in total. The number of benzene rings is 1. The molecule has 2 atom stereocenters. The van der Waals surface area contributed by atoms with Crippen molar-refractivity contribution in [1.82, 2.24) is 5.32 Å². The Balaban J connectivity index is 2.61. The summed E-state index contributed by atoms with van der Waals surface area (Å²) in [5.41, 5.74) is 1.04. The minimum atomic E-state index is -0.172. The molecule has 0 radical (unpaired) electrons. The molecule has 0 heterocycles. The number of hydrogen-bond donors (Lipinski definition) is 1. The first-order valence-corrected chi connectivity index (χ1v) is 8.69. The number of halogens is 2. The molecule has 0 aliphatic carbocycles. The van der Waals surface area contributed by atoms with E-state index in [9.17, 15) is 4.39 Å². The van der Waals surface area contributed by atoms with Gasteiger partial charge in [-0.25, -0.2) is 4.39 Å². The molecule has 0 aromatic heterocycles. The van der Waals surface area contributed by atoms with Gasteiger partial charge in [-0.2, -0.15) is 11.8 Å². The molecule has 1 aromatic carbocycles. The lowest BCUT2D eigenvalue weighted by Crippen LogP contribution is -2.33. The number of hydrogen-bond acceptors (Lipinski definition) is 2. The molecule has 1 nitrogen and oxygen atoms in total. The van der Waals surface area contributed by atoms with E-state index in [0.29, 0.717) is 11.3 Å². The van der Waals surface area contributed by atoms with E-state index in [1.54, 1.807) is 6.07 Å². The summed E-state index contributed by atoms with van der Waals surface area (Å²) in [7, 11) is 0. The maximum absolute atomic E-state index is 13.4. The van der Waals surface area contributed by atoms with Crippen molar-refractivity contribution in [2.24, 2.45) is 0 Å². The zero-order valence-corrected chi connectivity index (χ0v) is 14.3. The van der Waals surface area contributed by atoms with Gasteiger partial charge in [0.2, 0.25) is 0 Å². The van der Waals surface area contributed by atoms with Crippen molar-refractivity contribution >= 4 is 27.7 Å². The average Bonchev–Trinajstić information content (AvgIpc) is 2.34. The third-order valence-corrected chi connectivity index (χ3v) is 5.01. The second-order valence-corrected chi connectivity index (χ2v) is 7.18. The third kappa shape index (κ3) is 6.77. The number of rotatable bonds is 8. The summed E-state index contributed by atoms with van der Waals surface area (Å²) < 4.78 is 14.2. The summed E-state index contributed by atoms with van der Waals surface area (Å²) in [5.74, 6) is 0.894. The topological polar surface area (TPSA) is 12.0 Å². The van der Waals surface area contributed by atoms with E-state index in [1.165, 1.54) is 12.5 Å².